The molecule has 0 aromatic carbocycles. The molecular weight excluding hydrogens is 264 g/mol. The third-order valence-electron chi connectivity index (χ3n) is 1.73. The molecule has 0 radical (unpaired) electrons. The van der Waals surface area contributed by atoms with Crippen LogP contribution >= 0.6 is 0 Å². The van der Waals surface area contributed by atoms with Crippen molar-refractivity contribution in [3.05, 3.63) is 6.42 Å². The molecular formula is C12H21BrMgO. The Morgan fingerprint density at radius 3 is 2.13 bits per heavy atom. The second-order valence-corrected chi connectivity index (χ2v) is 4.36. The molecule has 1 nitrogen and oxygen atoms in total. The maximum absolute atomic E-state index is 7.10. The van der Waals surface area contributed by atoms with E-state index in [1.807, 2.05) is 20.8 Å². The van der Waals surface area contributed by atoms with Crippen LogP contribution in [-0.4, -0.2) is 34.8 Å². The van der Waals surface area contributed by atoms with Crippen molar-refractivity contribution in [1.29, 1.82) is 0 Å². The molecule has 3 heteroatoms. The molecule has 0 aliphatic carbocycles. The van der Waals surface area contributed by atoms with Crippen LogP contribution in [0.1, 0.15) is 53.4 Å². The monoisotopic (exact) mass is 284 g/mol. The van der Waals surface area contributed by atoms with E-state index >= 15 is 0 Å². The fourth-order valence-corrected chi connectivity index (χ4v) is 1.17. The van der Waals surface area contributed by atoms with Crippen molar-refractivity contribution in [1.82, 2.24) is 0 Å². The van der Waals surface area contributed by atoms with Crippen LogP contribution in [0.2, 0.25) is 0 Å². The van der Waals surface area contributed by atoms with Crippen molar-refractivity contribution in [3.63, 3.8) is 0 Å². The number of unbranched alkanes of at least 4 members (excludes halogenated alkanes) is 2. The predicted octanol–water partition coefficient (Wildman–Crippen LogP) is -0.0366. The van der Waals surface area contributed by atoms with Crippen molar-refractivity contribution >= 4 is 23.1 Å². The molecule has 0 saturated carbocycles. The smallest absolute Gasteiger partial charge is 1.00 e. The van der Waals surface area contributed by atoms with Gasteiger partial charge in [0.2, 0.25) is 0 Å². The van der Waals surface area contributed by atoms with Gasteiger partial charge in [-0.3, -0.25) is 0 Å². The molecule has 0 aromatic rings. The second kappa shape index (κ2) is 11.3. The Hall–Kier alpha value is 0.766. The van der Waals surface area contributed by atoms with Gasteiger partial charge in [-0.25, -0.2) is 0 Å². The van der Waals surface area contributed by atoms with Gasteiger partial charge in [0.25, 0.3) is 0 Å². The molecule has 0 spiro atoms. The normalized spacial score (nSPS) is 11.9. The quantitative estimate of drug-likeness (QED) is 0.298. The molecule has 0 aliphatic rings. The van der Waals surface area contributed by atoms with Gasteiger partial charge >= 0.3 is 23.1 Å². The summed E-state index contributed by atoms with van der Waals surface area (Å²) in [5, 5.41) is 0. The van der Waals surface area contributed by atoms with Crippen molar-refractivity contribution in [2.75, 3.05) is 0 Å². The first kappa shape index (κ1) is 21.1. The molecule has 0 aliphatic heterocycles. The van der Waals surface area contributed by atoms with Crippen LogP contribution in [0.3, 0.4) is 0 Å². The first-order valence-electron chi connectivity index (χ1n) is 5.09. The van der Waals surface area contributed by atoms with E-state index < -0.39 is 0 Å². The van der Waals surface area contributed by atoms with E-state index in [1.165, 1.54) is 12.8 Å². The zero-order valence-corrected chi connectivity index (χ0v) is 13.4. The molecule has 0 fully saturated rings. The van der Waals surface area contributed by atoms with Crippen molar-refractivity contribution in [3.8, 4) is 5.92 Å². The molecule has 0 rings (SSSR count). The summed E-state index contributed by atoms with van der Waals surface area (Å²) < 4.78 is 5.63. The Balaban J connectivity index is -0.000000720. The van der Waals surface area contributed by atoms with Gasteiger partial charge in [0.1, 0.15) is 0 Å². The number of halogens is 1. The minimum Gasteiger partial charge on any atom is -1.00 e. The maximum Gasteiger partial charge on any atom is 2.00 e. The molecule has 0 N–H and O–H groups in total. The van der Waals surface area contributed by atoms with Crippen molar-refractivity contribution < 1.29 is 21.7 Å². The Kier molecular flexibility index (Phi) is 15.8. The van der Waals surface area contributed by atoms with E-state index in [2.05, 4.69) is 12.8 Å². The minimum absolute atomic E-state index is 0. The Morgan fingerprint density at radius 1 is 1.27 bits per heavy atom. The first-order chi connectivity index (χ1) is 5.99. The number of ether oxygens (including phenoxy) is 1. The molecule has 0 bridgehead atoms. The standard InChI is InChI=1S/C12H21O.BrH.Mg/c1-6-8-9-10-11(7-2)13-12(3,4)5;;/h11H,6,8-10H2,1,3-5H3;1H;/q-1;;+2/p-1. The first-order valence-corrected chi connectivity index (χ1v) is 5.09. The van der Waals surface area contributed by atoms with Crippen LogP contribution in [0.4, 0.5) is 0 Å². The maximum atomic E-state index is 7.10. The van der Waals surface area contributed by atoms with E-state index in [0.717, 1.165) is 12.8 Å². The molecule has 15 heavy (non-hydrogen) atoms. The largest absolute Gasteiger partial charge is 2.00 e. The summed E-state index contributed by atoms with van der Waals surface area (Å²) in [6.07, 6.45) is 11.5. The number of rotatable bonds is 5. The van der Waals surface area contributed by atoms with E-state index in [4.69, 9.17) is 11.2 Å². The average molecular weight is 286 g/mol. The third kappa shape index (κ3) is 14.8. The third-order valence-corrected chi connectivity index (χ3v) is 1.73. The van der Waals surface area contributed by atoms with Crippen molar-refractivity contribution in [2.45, 2.75) is 65.1 Å². The zero-order valence-electron chi connectivity index (χ0n) is 10.4. The van der Waals surface area contributed by atoms with Gasteiger partial charge in [0, 0.05) is 0 Å². The van der Waals surface area contributed by atoms with Gasteiger partial charge in [-0.05, 0) is 33.6 Å². The van der Waals surface area contributed by atoms with Crippen LogP contribution < -0.4 is 17.0 Å². The van der Waals surface area contributed by atoms with E-state index in [1.54, 1.807) is 0 Å². The van der Waals surface area contributed by atoms with Gasteiger partial charge in [0.15, 0.2) is 0 Å². The van der Waals surface area contributed by atoms with Crippen molar-refractivity contribution in [2.24, 2.45) is 0 Å². The average Bonchev–Trinajstić information content (AvgIpc) is 2.01. The molecule has 0 heterocycles. The van der Waals surface area contributed by atoms with Crippen LogP contribution in [-0.2, 0) is 4.74 Å². The van der Waals surface area contributed by atoms with Crippen LogP contribution in [0.25, 0.3) is 0 Å². The van der Waals surface area contributed by atoms with Crippen LogP contribution in [0.5, 0.6) is 0 Å². The summed E-state index contributed by atoms with van der Waals surface area (Å²) in [5.41, 5.74) is -0.162. The van der Waals surface area contributed by atoms with Gasteiger partial charge in [0.05, 0.1) is 11.7 Å². The van der Waals surface area contributed by atoms with Crippen LogP contribution in [0.15, 0.2) is 0 Å². The molecule has 1 unspecified atom stereocenters. The molecule has 84 valence electrons. The van der Waals surface area contributed by atoms with E-state index in [0.29, 0.717) is 0 Å². The number of hydrogen-bond acceptors (Lipinski definition) is 1. The van der Waals surface area contributed by atoms with E-state index in [9.17, 15) is 0 Å². The summed E-state index contributed by atoms with van der Waals surface area (Å²) in [5.74, 6) is 2.45. The Morgan fingerprint density at radius 2 is 1.80 bits per heavy atom. The fourth-order valence-electron chi connectivity index (χ4n) is 1.17. The summed E-state index contributed by atoms with van der Waals surface area (Å²) in [6, 6.07) is 0. The van der Waals surface area contributed by atoms with Gasteiger partial charge in [-0.15, -0.1) is 0 Å². The zero-order chi connectivity index (χ0) is 10.3. The fraction of sp³-hybridized carbons (Fsp3) is 0.833. The Bertz CT molecular complexity index is 169. The molecule has 0 amide bonds. The minimum atomic E-state index is -0.162. The number of hydrogen-bond donors (Lipinski definition) is 0. The van der Waals surface area contributed by atoms with Gasteiger partial charge < -0.3 is 34.1 Å². The topological polar surface area (TPSA) is 9.23 Å². The molecule has 0 saturated heterocycles. The van der Waals surface area contributed by atoms with Gasteiger partial charge in [-0.2, -0.15) is 0 Å². The summed E-state index contributed by atoms with van der Waals surface area (Å²) in [7, 11) is 0. The predicted molar refractivity (Wildman–Crippen MR) is 61.7 cm³/mol. The SMILES string of the molecule is [Br-].[C-]#CC(CCCCC)OC(C)(C)C.[Mg+2]. The summed E-state index contributed by atoms with van der Waals surface area (Å²) in [6.45, 7) is 8.21. The summed E-state index contributed by atoms with van der Waals surface area (Å²) >= 11 is 0. The van der Waals surface area contributed by atoms with Gasteiger partial charge in [-0.1, -0.05) is 19.8 Å². The molecule has 0 aromatic heterocycles. The second-order valence-electron chi connectivity index (χ2n) is 4.36. The van der Waals surface area contributed by atoms with Crippen LogP contribution in [0, 0.1) is 12.3 Å². The van der Waals surface area contributed by atoms with E-state index in [-0.39, 0.29) is 51.7 Å². The Labute approximate surface area is 122 Å². The summed E-state index contributed by atoms with van der Waals surface area (Å²) in [4.78, 5) is 0. The molecule has 1 atom stereocenters.